The van der Waals surface area contributed by atoms with Gasteiger partial charge in [-0.1, -0.05) is 12.2 Å². The molecule has 1 unspecified atom stereocenters. The first-order valence-corrected chi connectivity index (χ1v) is 6.26. The zero-order chi connectivity index (χ0) is 13.1. The minimum atomic E-state index is -0.0627. The smallest absolute Gasteiger partial charge is 0.129 e. The van der Waals surface area contributed by atoms with E-state index >= 15 is 0 Å². The maximum Gasteiger partial charge on any atom is 0.129 e. The van der Waals surface area contributed by atoms with Gasteiger partial charge in [0.15, 0.2) is 0 Å². The van der Waals surface area contributed by atoms with E-state index in [1.54, 1.807) is 0 Å². The van der Waals surface area contributed by atoms with E-state index in [-0.39, 0.29) is 12.6 Å². The minimum Gasteiger partial charge on any atom is -0.394 e. The Morgan fingerprint density at radius 2 is 2.44 bits per heavy atom. The predicted octanol–water partition coefficient (Wildman–Crippen LogP) is 0.222. The van der Waals surface area contributed by atoms with Gasteiger partial charge in [-0.2, -0.15) is 0 Å². The van der Waals surface area contributed by atoms with Crippen LogP contribution in [0.5, 0.6) is 0 Å². The number of ether oxygens (including phenoxy) is 1. The summed E-state index contributed by atoms with van der Waals surface area (Å²) in [6.07, 6.45) is 0. The van der Waals surface area contributed by atoms with Crippen molar-refractivity contribution < 1.29 is 9.84 Å². The highest BCUT2D eigenvalue weighted by molar-refractivity contribution is 7.80. The number of aromatic nitrogens is 1. The van der Waals surface area contributed by atoms with Crippen LogP contribution in [0.25, 0.3) is 0 Å². The van der Waals surface area contributed by atoms with Crippen molar-refractivity contribution in [1.82, 2.24) is 4.98 Å². The lowest BCUT2D eigenvalue weighted by Gasteiger charge is -2.35. The first kappa shape index (κ1) is 13.2. The Morgan fingerprint density at radius 1 is 1.67 bits per heavy atom. The molecule has 3 N–H and O–H groups in total. The minimum absolute atomic E-state index is 0.0397. The van der Waals surface area contributed by atoms with Crippen molar-refractivity contribution in [3.05, 3.63) is 23.4 Å². The lowest BCUT2D eigenvalue weighted by Crippen LogP contribution is -2.48. The number of aliphatic hydroxyl groups is 1. The molecule has 1 saturated heterocycles. The second-order valence-electron chi connectivity index (χ2n) is 4.32. The van der Waals surface area contributed by atoms with E-state index in [0.717, 1.165) is 17.1 Å². The molecular weight excluding hydrogens is 250 g/mol. The maximum atomic E-state index is 9.37. The summed E-state index contributed by atoms with van der Waals surface area (Å²) in [7, 11) is 0. The summed E-state index contributed by atoms with van der Waals surface area (Å²) in [6, 6.07) is 3.66. The van der Waals surface area contributed by atoms with Gasteiger partial charge < -0.3 is 20.5 Å². The van der Waals surface area contributed by atoms with E-state index in [1.807, 2.05) is 24.0 Å². The lowest BCUT2D eigenvalue weighted by molar-refractivity contribution is 0.0723. The summed E-state index contributed by atoms with van der Waals surface area (Å²) in [4.78, 5) is 6.88. The molecule has 2 heterocycles. The van der Waals surface area contributed by atoms with Crippen molar-refractivity contribution in [1.29, 1.82) is 0 Å². The first-order valence-electron chi connectivity index (χ1n) is 5.85. The number of nitrogens with zero attached hydrogens (tertiary/aromatic N) is 2. The van der Waals surface area contributed by atoms with Crippen LogP contribution in [0.3, 0.4) is 0 Å². The highest BCUT2D eigenvalue weighted by atomic mass is 32.1. The largest absolute Gasteiger partial charge is 0.394 e. The number of morpholine rings is 1. The van der Waals surface area contributed by atoms with Gasteiger partial charge in [-0.25, -0.2) is 4.98 Å². The van der Waals surface area contributed by atoms with Crippen LogP contribution in [0.4, 0.5) is 5.82 Å². The molecule has 1 aromatic heterocycles. The molecular formula is C12H17N3O2S. The Morgan fingerprint density at radius 3 is 3.11 bits per heavy atom. The van der Waals surface area contributed by atoms with E-state index in [2.05, 4.69) is 4.98 Å². The molecule has 1 aliphatic heterocycles. The number of anilines is 1. The highest BCUT2D eigenvalue weighted by Gasteiger charge is 2.24. The van der Waals surface area contributed by atoms with Crippen molar-refractivity contribution in [2.45, 2.75) is 13.0 Å². The number of pyridine rings is 1. The summed E-state index contributed by atoms with van der Waals surface area (Å²) in [5.41, 5.74) is 7.32. The Labute approximate surface area is 112 Å². The van der Waals surface area contributed by atoms with Crippen LogP contribution < -0.4 is 10.6 Å². The molecule has 0 radical (unpaired) electrons. The molecule has 98 valence electrons. The molecule has 1 fully saturated rings. The monoisotopic (exact) mass is 267 g/mol. The van der Waals surface area contributed by atoms with Gasteiger partial charge in [0.05, 0.1) is 25.9 Å². The third-order valence-corrected chi connectivity index (χ3v) is 3.19. The summed E-state index contributed by atoms with van der Waals surface area (Å²) >= 11 is 5.00. The van der Waals surface area contributed by atoms with Crippen molar-refractivity contribution in [3.8, 4) is 0 Å². The van der Waals surface area contributed by atoms with Crippen molar-refractivity contribution in [3.63, 3.8) is 0 Å². The predicted molar refractivity (Wildman–Crippen MR) is 73.9 cm³/mol. The second kappa shape index (κ2) is 5.60. The standard InChI is InChI=1S/C12H17N3O2S/c1-8-4-9(12(13)18)5-11(14-8)15-2-3-17-7-10(15)6-16/h4-5,10,16H,2-3,6-7H2,1H3,(H2,13,18). The van der Waals surface area contributed by atoms with Gasteiger partial charge in [0.2, 0.25) is 0 Å². The third-order valence-electron chi connectivity index (χ3n) is 2.96. The van der Waals surface area contributed by atoms with E-state index in [1.165, 1.54) is 0 Å². The van der Waals surface area contributed by atoms with E-state index in [9.17, 15) is 5.11 Å². The molecule has 1 aromatic rings. The van der Waals surface area contributed by atoms with Gasteiger partial charge >= 0.3 is 0 Å². The van der Waals surface area contributed by atoms with Crippen molar-refractivity contribution in [2.24, 2.45) is 5.73 Å². The van der Waals surface area contributed by atoms with Crippen LogP contribution in [0, 0.1) is 6.92 Å². The number of rotatable bonds is 3. The molecule has 2 rings (SSSR count). The topological polar surface area (TPSA) is 71.6 Å². The molecule has 0 bridgehead atoms. The van der Waals surface area contributed by atoms with Crippen molar-refractivity contribution in [2.75, 3.05) is 31.3 Å². The fraction of sp³-hybridized carbons (Fsp3) is 0.500. The van der Waals surface area contributed by atoms with E-state index < -0.39 is 0 Å². The van der Waals surface area contributed by atoms with Crippen LogP contribution in [-0.2, 0) is 4.74 Å². The summed E-state index contributed by atoms with van der Waals surface area (Å²) in [6.45, 7) is 3.79. The zero-order valence-electron chi connectivity index (χ0n) is 10.3. The molecule has 0 saturated carbocycles. The quantitative estimate of drug-likeness (QED) is 0.764. The van der Waals surface area contributed by atoms with E-state index in [0.29, 0.717) is 24.7 Å². The van der Waals surface area contributed by atoms with Gasteiger partial charge in [-0.15, -0.1) is 0 Å². The third kappa shape index (κ3) is 2.77. The normalized spacial score (nSPS) is 19.9. The fourth-order valence-corrected chi connectivity index (χ4v) is 2.17. The molecule has 5 nitrogen and oxygen atoms in total. The summed E-state index contributed by atoms with van der Waals surface area (Å²) in [5, 5.41) is 9.37. The van der Waals surface area contributed by atoms with Crippen LogP contribution >= 0.6 is 12.2 Å². The van der Waals surface area contributed by atoms with Crippen LogP contribution in [0.2, 0.25) is 0 Å². The van der Waals surface area contributed by atoms with Crippen molar-refractivity contribution >= 4 is 23.0 Å². The molecule has 1 atom stereocenters. The SMILES string of the molecule is Cc1cc(C(N)=S)cc(N2CCOCC2CO)n1. The average molecular weight is 267 g/mol. The number of nitrogens with two attached hydrogens (primary N) is 1. The van der Waals surface area contributed by atoms with Gasteiger partial charge in [0.1, 0.15) is 10.8 Å². The molecule has 18 heavy (non-hydrogen) atoms. The number of aryl methyl sites for hydroxylation is 1. The van der Waals surface area contributed by atoms with Gasteiger partial charge in [-0.05, 0) is 19.1 Å². The number of hydrogen-bond donors (Lipinski definition) is 2. The maximum absolute atomic E-state index is 9.37. The molecule has 0 aromatic carbocycles. The summed E-state index contributed by atoms with van der Waals surface area (Å²) in [5.74, 6) is 0.792. The van der Waals surface area contributed by atoms with Crippen LogP contribution in [0.15, 0.2) is 12.1 Å². The Balaban J connectivity index is 2.33. The summed E-state index contributed by atoms with van der Waals surface area (Å²) < 4.78 is 5.35. The molecule has 1 aliphatic rings. The van der Waals surface area contributed by atoms with Gasteiger partial charge in [0, 0.05) is 17.8 Å². The number of thiocarbonyl (C=S) groups is 1. The van der Waals surface area contributed by atoms with Gasteiger partial charge in [-0.3, -0.25) is 0 Å². The molecule has 0 spiro atoms. The lowest BCUT2D eigenvalue weighted by atomic mass is 10.2. The van der Waals surface area contributed by atoms with E-state index in [4.69, 9.17) is 22.7 Å². The molecule has 0 amide bonds. The Kier molecular flexibility index (Phi) is 4.11. The van der Waals surface area contributed by atoms with Crippen LogP contribution in [0.1, 0.15) is 11.3 Å². The zero-order valence-corrected chi connectivity index (χ0v) is 11.1. The second-order valence-corrected chi connectivity index (χ2v) is 4.76. The van der Waals surface area contributed by atoms with Gasteiger partial charge in [0.25, 0.3) is 0 Å². The Bertz CT molecular complexity index is 453. The van der Waals surface area contributed by atoms with Crippen LogP contribution in [-0.4, -0.2) is 47.5 Å². The average Bonchev–Trinajstić information content (AvgIpc) is 2.38. The molecule has 0 aliphatic carbocycles. The number of hydrogen-bond acceptors (Lipinski definition) is 5. The fourth-order valence-electron chi connectivity index (χ4n) is 2.05. The Hall–Kier alpha value is -1.24. The highest BCUT2D eigenvalue weighted by Crippen LogP contribution is 2.19. The molecule has 6 heteroatoms. The number of aliphatic hydroxyl groups excluding tert-OH is 1. The first-order chi connectivity index (χ1) is 8.61.